The topological polar surface area (TPSA) is 69.6 Å². The first kappa shape index (κ1) is 18.5. The Bertz CT molecular complexity index is 599. The number of hydrogen-bond acceptors (Lipinski definition) is 3. The molecule has 2 N–H and O–H groups in total. The third-order valence-corrected chi connectivity index (χ3v) is 5.15. The molecule has 1 aromatic rings. The van der Waals surface area contributed by atoms with E-state index in [4.69, 9.17) is 0 Å². The third kappa shape index (κ3) is 3.46. The number of anilines is 1. The zero-order chi connectivity index (χ0) is 17.9. The van der Waals surface area contributed by atoms with Crippen LogP contribution in [-0.2, 0) is 9.59 Å². The van der Waals surface area contributed by atoms with Crippen LogP contribution < -0.4 is 5.32 Å². The molecule has 5 nitrogen and oxygen atoms in total. The van der Waals surface area contributed by atoms with Crippen molar-refractivity contribution in [3.63, 3.8) is 0 Å². The summed E-state index contributed by atoms with van der Waals surface area (Å²) in [6.45, 7) is 5.36. The van der Waals surface area contributed by atoms with Gasteiger partial charge in [-0.25, -0.2) is 0 Å². The van der Waals surface area contributed by atoms with Crippen LogP contribution in [-0.4, -0.2) is 40.5 Å². The fourth-order valence-electron chi connectivity index (χ4n) is 3.58. The van der Waals surface area contributed by atoms with Gasteiger partial charge in [-0.15, -0.1) is 0 Å². The van der Waals surface area contributed by atoms with Gasteiger partial charge in [0.1, 0.15) is 11.6 Å². The lowest BCUT2D eigenvalue weighted by atomic mass is 9.79. The van der Waals surface area contributed by atoms with E-state index in [-0.39, 0.29) is 5.91 Å². The van der Waals surface area contributed by atoms with Gasteiger partial charge in [0, 0.05) is 12.7 Å². The van der Waals surface area contributed by atoms with Gasteiger partial charge in [-0.3, -0.25) is 9.59 Å². The molecule has 1 aliphatic carbocycles. The number of hydrogen-bond donors (Lipinski definition) is 2. The van der Waals surface area contributed by atoms with Crippen molar-refractivity contribution >= 4 is 17.5 Å². The Labute approximate surface area is 144 Å². The molecule has 0 heterocycles. The normalized spacial score (nSPS) is 17.9. The van der Waals surface area contributed by atoms with E-state index < -0.39 is 17.6 Å². The summed E-state index contributed by atoms with van der Waals surface area (Å²) in [6.07, 6.45) is 3.00. The quantitative estimate of drug-likeness (QED) is 0.891. The summed E-state index contributed by atoms with van der Waals surface area (Å²) in [4.78, 5) is 27.0. The molecule has 5 heteroatoms. The number of carbonyl (C=O) groups excluding carboxylic acids is 2. The van der Waals surface area contributed by atoms with Crippen molar-refractivity contribution in [2.24, 2.45) is 0 Å². The molecule has 0 spiro atoms. The highest BCUT2D eigenvalue weighted by Gasteiger charge is 2.46. The van der Waals surface area contributed by atoms with Crippen LogP contribution >= 0.6 is 0 Å². The van der Waals surface area contributed by atoms with E-state index in [0.717, 1.165) is 36.1 Å². The number of nitrogens with one attached hydrogen (secondary N) is 1. The Morgan fingerprint density at radius 1 is 1.17 bits per heavy atom. The fourth-order valence-corrected chi connectivity index (χ4v) is 3.58. The second-order valence-electron chi connectivity index (χ2n) is 6.89. The van der Waals surface area contributed by atoms with Crippen molar-refractivity contribution < 1.29 is 14.7 Å². The molecule has 0 saturated heterocycles. The molecule has 2 amide bonds. The number of nitrogens with zero attached hydrogens (tertiary/aromatic N) is 1. The van der Waals surface area contributed by atoms with Crippen molar-refractivity contribution in [2.75, 3.05) is 12.4 Å². The Kier molecular flexibility index (Phi) is 5.65. The van der Waals surface area contributed by atoms with Crippen molar-refractivity contribution in [1.82, 2.24) is 4.90 Å². The van der Waals surface area contributed by atoms with Crippen LogP contribution in [0, 0.1) is 13.8 Å². The molecule has 0 unspecified atom stereocenters. The summed E-state index contributed by atoms with van der Waals surface area (Å²) in [5.41, 5.74) is 1.92. The lowest BCUT2D eigenvalue weighted by Crippen LogP contribution is -2.60. The smallest absolute Gasteiger partial charge is 0.251 e. The van der Waals surface area contributed by atoms with Gasteiger partial charge in [0.15, 0.2) is 0 Å². The zero-order valence-corrected chi connectivity index (χ0v) is 15.1. The number of para-hydroxylation sites is 1. The van der Waals surface area contributed by atoms with E-state index in [1.54, 1.807) is 7.05 Å². The number of likely N-dealkylation sites (N-methyl/N-ethyl adjacent to an activating group) is 1. The van der Waals surface area contributed by atoms with Crippen molar-refractivity contribution in [3.05, 3.63) is 29.3 Å². The van der Waals surface area contributed by atoms with Gasteiger partial charge in [-0.2, -0.15) is 0 Å². The molecule has 0 bridgehead atoms. The Balaban J connectivity index is 2.34. The van der Waals surface area contributed by atoms with Crippen LogP contribution in [0.2, 0.25) is 0 Å². The van der Waals surface area contributed by atoms with Crippen LogP contribution in [0.15, 0.2) is 18.2 Å². The Morgan fingerprint density at radius 3 is 2.21 bits per heavy atom. The highest BCUT2D eigenvalue weighted by Crippen LogP contribution is 2.35. The third-order valence-electron chi connectivity index (χ3n) is 5.15. The summed E-state index contributed by atoms with van der Waals surface area (Å²) < 4.78 is 0. The van der Waals surface area contributed by atoms with Crippen LogP contribution in [0.1, 0.15) is 50.2 Å². The molecule has 0 radical (unpaired) electrons. The van der Waals surface area contributed by atoms with Gasteiger partial charge in [0.2, 0.25) is 5.91 Å². The summed E-state index contributed by atoms with van der Waals surface area (Å²) in [7, 11) is 1.63. The van der Waals surface area contributed by atoms with Gasteiger partial charge in [-0.05, 0) is 44.7 Å². The van der Waals surface area contributed by atoms with Gasteiger partial charge < -0.3 is 15.3 Å². The fraction of sp³-hybridized carbons (Fsp3) is 0.579. The standard InChI is InChI=1S/C19H28N2O3/c1-13-9-8-10-14(2)16(13)20-18(24)19(11-6-5-7-12-19)21(4)17(23)15(3)22/h8-10,15,22H,5-7,11-12H2,1-4H3,(H,20,24)/t15-/m0/s1. The van der Waals surface area contributed by atoms with Crippen molar-refractivity contribution in [1.29, 1.82) is 0 Å². The average Bonchev–Trinajstić information content (AvgIpc) is 2.57. The number of rotatable bonds is 4. The first-order valence-electron chi connectivity index (χ1n) is 8.63. The van der Waals surface area contributed by atoms with E-state index in [0.29, 0.717) is 12.8 Å². The minimum atomic E-state index is -1.11. The number of aryl methyl sites for hydroxylation is 2. The second-order valence-corrected chi connectivity index (χ2v) is 6.89. The van der Waals surface area contributed by atoms with E-state index >= 15 is 0 Å². The summed E-state index contributed by atoms with van der Waals surface area (Å²) in [6, 6.07) is 5.88. The molecule has 1 saturated carbocycles. The number of aliphatic hydroxyl groups is 1. The van der Waals surface area contributed by atoms with Gasteiger partial charge in [0.05, 0.1) is 0 Å². The van der Waals surface area contributed by atoms with E-state index in [1.807, 2.05) is 32.0 Å². The maximum atomic E-state index is 13.2. The van der Waals surface area contributed by atoms with Crippen molar-refractivity contribution in [2.45, 2.75) is 64.5 Å². The van der Waals surface area contributed by atoms with E-state index in [2.05, 4.69) is 5.32 Å². The highest BCUT2D eigenvalue weighted by molar-refractivity contribution is 6.01. The van der Waals surface area contributed by atoms with Gasteiger partial charge >= 0.3 is 0 Å². The van der Waals surface area contributed by atoms with Crippen LogP contribution in [0.3, 0.4) is 0 Å². The van der Waals surface area contributed by atoms with Crippen LogP contribution in [0.5, 0.6) is 0 Å². The zero-order valence-electron chi connectivity index (χ0n) is 15.1. The summed E-state index contributed by atoms with van der Waals surface area (Å²) in [5, 5.41) is 12.7. The molecule has 132 valence electrons. The lowest BCUT2D eigenvalue weighted by Gasteiger charge is -2.43. The Morgan fingerprint density at radius 2 is 1.71 bits per heavy atom. The molecule has 1 aromatic carbocycles. The lowest BCUT2D eigenvalue weighted by molar-refractivity contribution is -0.151. The molecular weight excluding hydrogens is 304 g/mol. The largest absolute Gasteiger partial charge is 0.384 e. The Hall–Kier alpha value is -1.88. The summed E-state index contributed by atoms with van der Waals surface area (Å²) in [5.74, 6) is -0.565. The second kappa shape index (κ2) is 7.34. The first-order valence-corrected chi connectivity index (χ1v) is 8.63. The maximum Gasteiger partial charge on any atom is 0.251 e. The minimum Gasteiger partial charge on any atom is -0.384 e. The molecule has 0 aliphatic heterocycles. The average molecular weight is 332 g/mol. The molecule has 24 heavy (non-hydrogen) atoms. The summed E-state index contributed by atoms with van der Waals surface area (Å²) >= 11 is 0. The highest BCUT2D eigenvalue weighted by atomic mass is 16.3. The molecule has 0 aromatic heterocycles. The molecule has 1 fully saturated rings. The monoisotopic (exact) mass is 332 g/mol. The molecule has 1 aliphatic rings. The number of benzene rings is 1. The first-order chi connectivity index (χ1) is 11.3. The minimum absolute atomic E-state index is 0.156. The van der Waals surface area contributed by atoms with Crippen LogP contribution in [0.4, 0.5) is 5.69 Å². The van der Waals surface area contributed by atoms with Gasteiger partial charge in [0.25, 0.3) is 5.91 Å². The number of amides is 2. The van der Waals surface area contributed by atoms with Gasteiger partial charge in [-0.1, -0.05) is 37.5 Å². The molecule has 1 atom stereocenters. The van der Waals surface area contributed by atoms with Crippen LogP contribution in [0.25, 0.3) is 0 Å². The molecular formula is C19H28N2O3. The van der Waals surface area contributed by atoms with E-state index in [9.17, 15) is 14.7 Å². The predicted molar refractivity (Wildman–Crippen MR) is 94.8 cm³/mol. The SMILES string of the molecule is Cc1cccc(C)c1NC(=O)C1(N(C)C(=O)[C@H](C)O)CCCCC1. The molecule has 2 rings (SSSR count). The number of aliphatic hydroxyl groups excluding tert-OH is 1. The van der Waals surface area contributed by atoms with Crippen molar-refractivity contribution in [3.8, 4) is 0 Å². The predicted octanol–water partition coefficient (Wildman–Crippen LogP) is 2.78. The number of carbonyl (C=O) groups is 2. The van der Waals surface area contributed by atoms with E-state index in [1.165, 1.54) is 11.8 Å². The maximum absolute atomic E-state index is 13.2.